The van der Waals surface area contributed by atoms with Crippen LogP contribution in [0.4, 0.5) is 0 Å². The van der Waals surface area contributed by atoms with Crippen LogP contribution in [0.3, 0.4) is 0 Å². The largest absolute Gasteiger partial charge is 0.308 e. The summed E-state index contributed by atoms with van der Waals surface area (Å²) in [6.45, 7) is 8.76. The van der Waals surface area contributed by atoms with Gasteiger partial charge in [-0.15, -0.1) is 0 Å². The Hall–Kier alpha value is -1.77. The van der Waals surface area contributed by atoms with Gasteiger partial charge < -0.3 is 10.8 Å². The molecule has 68 valence electrons. The van der Waals surface area contributed by atoms with Gasteiger partial charge in [-0.3, -0.25) is 4.99 Å². The molecule has 3 heteroatoms. The Labute approximate surface area is 78.2 Å². The van der Waals surface area contributed by atoms with E-state index in [-0.39, 0.29) is 5.71 Å². The average Bonchev–Trinajstić information content (AvgIpc) is 2.10. The molecule has 0 atom stereocenters. The molecular weight excluding hydrogens is 162 g/mol. The second-order valence-corrected chi connectivity index (χ2v) is 2.50. The number of nitrogens with one attached hydrogen (secondary N) is 2. The van der Waals surface area contributed by atoms with E-state index in [1.54, 1.807) is 12.2 Å². The van der Waals surface area contributed by atoms with Crippen LogP contribution in [0.5, 0.6) is 0 Å². The molecule has 0 saturated heterocycles. The van der Waals surface area contributed by atoms with Gasteiger partial charge in [-0.05, 0) is 19.7 Å². The molecule has 3 nitrogen and oxygen atoms in total. The molecule has 0 aliphatic rings. The van der Waals surface area contributed by atoms with Crippen LogP contribution in [0.2, 0.25) is 0 Å². The summed E-state index contributed by atoms with van der Waals surface area (Å²) in [4.78, 5) is 3.49. The van der Waals surface area contributed by atoms with Crippen LogP contribution in [0.25, 0.3) is 0 Å². The first kappa shape index (κ1) is 11.2. The van der Waals surface area contributed by atoms with E-state index < -0.39 is 0 Å². The molecule has 2 N–H and O–H groups in total. The van der Waals surface area contributed by atoms with Crippen LogP contribution in [0.15, 0.2) is 41.1 Å². The van der Waals surface area contributed by atoms with Gasteiger partial charge in [0.05, 0.1) is 5.71 Å². The average molecular weight is 175 g/mol. The molecule has 0 bridgehead atoms. The maximum Gasteiger partial charge on any atom is 0.0643 e. The predicted molar refractivity (Wildman–Crippen MR) is 58.1 cm³/mol. The molecule has 0 aromatic carbocycles. The summed E-state index contributed by atoms with van der Waals surface area (Å²) < 4.78 is 0. The van der Waals surface area contributed by atoms with Gasteiger partial charge in [0.15, 0.2) is 0 Å². The number of hydrogen-bond acceptors (Lipinski definition) is 3. The van der Waals surface area contributed by atoms with Gasteiger partial charge in [-0.2, -0.15) is 0 Å². The summed E-state index contributed by atoms with van der Waals surface area (Å²) in [5, 5.41) is 14.5. The first-order valence-corrected chi connectivity index (χ1v) is 3.70. The Morgan fingerprint density at radius 1 is 1.38 bits per heavy atom. The molecule has 0 unspecified atom stereocenters. The SMILES string of the molecule is C=N/C=C(\C=N)C(=N)/C=C\C(=C)C. The third-order valence-corrected chi connectivity index (χ3v) is 1.23. The highest BCUT2D eigenvalue weighted by molar-refractivity contribution is 6.19. The lowest BCUT2D eigenvalue weighted by atomic mass is 10.1. The smallest absolute Gasteiger partial charge is 0.0643 e. The first-order valence-electron chi connectivity index (χ1n) is 3.70. The van der Waals surface area contributed by atoms with E-state index in [9.17, 15) is 0 Å². The van der Waals surface area contributed by atoms with Gasteiger partial charge in [0.1, 0.15) is 0 Å². The lowest BCUT2D eigenvalue weighted by Gasteiger charge is -1.95. The van der Waals surface area contributed by atoms with Gasteiger partial charge >= 0.3 is 0 Å². The number of allylic oxidation sites excluding steroid dienone is 4. The van der Waals surface area contributed by atoms with Crippen molar-refractivity contribution >= 4 is 18.6 Å². The Kier molecular flexibility index (Phi) is 5.03. The van der Waals surface area contributed by atoms with E-state index >= 15 is 0 Å². The lowest BCUT2D eigenvalue weighted by molar-refractivity contribution is 1.47. The van der Waals surface area contributed by atoms with Crippen molar-refractivity contribution in [1.29, 1.82) is 10.8 Å². The number of hydrogen-bond donors (Lipinski definition) is 2. The fraction of sp³-hybridized carbons (Fsp3) is 0.100. The minimum atomic E-state index is 0.227. The summed E-state index contributed by atoms with van der Waals surface area (Å²) in [6.07, 6.45) is 5.73. The predicted octanol–water partition coefficient (Wildman–Crippen LogP) is 2.37. The normalized spacial score (nSPS) is 11.3. The molecule has 13 heavy (non-hydrogen) atoms. The number of rotatable bonds is 5. The highest BCUT2D eigenvalue weighted by Crippen LogP contribution is 1.97. The van der Waals surface area contributed by atoms with Crippen LogP contribution in [0.1, 0.15) is 6.92 Å². The molecule has 0 aliphatic carbocycles. The molecule has 0 aromatic heterocycles. The third-order valence-electron chi connectivity index (χ3n) is 1.23. The standard InChI is InChI=1S/C10H13N3/c1-8(2)4-5-10(12)9(6-11)7-13-3/h4-7,11-12H,1,3H2,2H3/b5-4-,9-7+,11-6?,12-10?. The Morgan fingerprint density at radius 3 is 2.38 bits per heavy atom. The Bertz CT molecular complexity index is 295. The van der Waals surface area contributed by atoms with E-state index in [1.165, 1.54) is 6.20 Å². The van der Waals surface area contributed by atoms with Crippen LogP contribution in [-0.2, 0) is 0 Å². The van der Waals surface area contributed by atoms with Crippen molar-refractivity contribution in [1.82, 2.24) is 0 Å². The molecule has 0 fully saturated rings. The maximum absolute atomic E-state index is 7.51. The molecule has 0 aromatic rings. The van der Waals surface area contributed by atoms with Crippen LogP contribution in [-0.4, -0.2) is 18.6 Å². The minimum Gasteiger partial charge on any atom is -0.308 e. The summed E-state index contributed by atoms with van der Waals surface area (Å²) in [6, 6.07) is 0. The van der Waals surface area contributed by atoms with Crippen molar-refractivity contribution in [3.8, 4) is 0 Å². The van der Waals surface area contributed by atoms with Crippen molar-refractivity contribution in [3.63, 3.8) is 0 Å². The molecule has 0 rings (SSSR count). The third kappa shape index (κ3) is 4.63. The van der Waals surface area contributed by atoms with Crippen LogP contribution in [0, 0.1) is 10.8 Å². The monoisotopic (exact) mass is 175 g/mol. The summed E-state index contributed by atoms with van der Waals surface area (Å²) in [7, 11) is 0. The molecule has 0 radical (unpaired) electrons. The quantitative estimate of drug-likeness (QED) is 0.476. The minimum absolute atomic E-state index is 0.227. The van der Waals surface area contributed by atoms with E-state index in [2.05, 4.69) is 18.3 Å². The second-order valence-electron chi connectivity index (χ2n) is 2.50. The maximum atomic E-state index is 7.51. The molecule has 0 spiro atoms. The van der Waals surface area contributed by atoms with E-state index in [0.29, 0.717) is 5.57 Å². The van der Waals surface area contributed by atoms with Gasteiger partial charge in [0.2, 0.25) is 0 Å². The highest BCUT2D eigenvalue weighted by atomic mass is 14.6. The summed E-state index contributed by atoms with van der Waals surface area (Å²) in [5.74, 6) is 0. The first-order chi connectivity index (χ1) is 6.11. The number of nitrogens with zero attached hydrogens (tertiary/aromatic N) is 1. The fourth-order valence-corrected chi connectivity index (χ4v) is 0.605. The molecule has 0 aliphatic heterocycles. The molecular formula is C10H13N3. The summed E-state index contributed by atoms with van der Waals surface area (Å²) in [5.41, 5.74) is 1.51. The zero-order chi connectivity index (χ0) is 10.3. The van der Waals surface area contributed by atoms with Crippen molar-refractivity contribution in [2.45, 2.75) is 6.92 Å². The van der Waals surface area contributed by atoms with Gasteiger partial charge in [0.25, 0.3) is 0 Å². The van der Waals surface area contributed by atoms with Gasteiger partial charge in [-0.1, -0.05) is 18.2 Å². The van der Waals surface area contributed by atoms with Crippen molar-refractivity contribution in [2.24, 2.45) is 4.99 Å². The van der Waals surface area contributed by atoms with Crippen molar-refractivity contribution in [2.75, 3.05) is 0 Å². The zero-order valence-electron chi connectivity index (χ0n) is 7.67. The summed E-state index contributed by atoms with van der Waals surface area (Å²) >= 11 is 0. The Balaban J connectivity index is 4.58. The van der Waals surface area contributed by atoms with Crippen LogP contribution >= 0.6 is 0 Å². The van der Waals surface area contributed by atoms with E-state index in [1.807, 2.05) is 6.92 Å². The molecule has 0 amide bonds. The molecule has 0 heterocycles. The van der Waals surface area contributed by atoms with Crippen molar-refractivity contribution in [3.05, 3.63) is 36.1 Å². The number of aliphatic imine (C=N–C) groups is 1. The molecule has 0 saturated carbocycles. The lowest BCUT2D eigenvalue weighted by Crippen LogP contribution is -1.97. The topological polar surface area (TPSA) is 60.1 Å². The second kappa shape index (κ2) is 5.83. The van der Waals surface area contributed by atoms with Gasteiger partial charge in [-0.25, -0.2) is 0 Å². The fourth-order valence-electron chi connectivity index (χ4n) is 0.605. The zero-order valence-corrected chi connectivity index (χ0v) is 7.67. The van der Waals surface area contributed by atoms with Crippen molar-refractivity contribution < 1.29 is 0 Å². The highest BCUT2D eigenvalue weighted by Gasteiger charge is 1.96. The van der Waals surface area contributed by atoms with Crippen LogP contribution < -0.4 is 0 Å². The van der Waals surface area contributed by atoms with Gasteiger partial charge in [0, 0.05) is 18.0 Å². The van der Waals surface area contributed by atoms with E-state index in [0.717, 1.165) is 11.8 Å². The Morgan fingerprint density at radius 2 is 2.00 bits per heavy atom. The van der Waals surface area contributed by atoms with E-state index in [4.69, 9.17) is 10.8 Å².